The largest absolute Gasteiger partial charge is 0.468 e. The third-order valence-electron chi connectivity index (χ3n) is 6.12. The first-order valence-electron chi connectivity index (χ1n) is 11.7. The molecule has 1 aliphatic rings. The number of fused-ring (bicyclic) bond motifs is 1. The fourth-order valence-electron chi connectivity index (χ4n) is 4.58. The highest BCUT2D eigenvalue weighted by molar-refractivity contribution is 5.99. The van der Waals surface area contributed by atoms with Crippen LogP contribution in [0.3, 0.4) is 0 Å². The minimum Gasteiger partial charge on any atom is -0.468 e. The van der Waals surface area contributed by atoms with Crippen LogP contribution in [0.5, 0.6) is 5.75 Å². The van der Waals surface area contributed by atoms with Gasteiger partial charge in [-0.2, -0.15) is 0 Å². The zero-order valence-electron chi connectivity index (χ0n) is 20.4. The Morgan fingerprint density at radius 1 is 0.917 bits per heavy atom. The first-order valence-corrected chi connectivity index (χ1v) is 11.7. The molecular formula is C28H29N3O5. The summed E-state index contributed by atoms with van der Waals surface area (Å²) in [6.45, 7) is 4.65. The fourth-order valence-corrected chi connectivity index (χ4v) is 4.58. The van der Waals surface area contributed by atoms with Gasteiger partial charge in [-0.25, -0.2) is 14.9 Å². The van der Waals surface area contributed by atoms with Crippen LogP contribution in [0.25, 0.3) is 0 Å². The lowest BCUT2D eigenvalue weighted by molar-refractivity contribution is -0.149. The van der Waals surface area contributed by atoms with Crippen LogP contribution < -0.4 is 15.4 Å². The van der Waals surface area contributed by atoms with E-state index in [0.29, 0.717) is 18.0 Å². The van der Waals surface area contributed by atoms with Crippen molar-refractivity contribution in [1.82, 2.24) is 10.2 Å². The Kier molecular flexibility index (Phi) is 7.65. The molecule has 2 N–H and O–H groups in total. The third kappa shape index (κ3) is 5.55. The van der Waals surface area contributed by atoms with Gasteiger partial charge in [-0.1, -0.05) is 68.4 Å². The first kappa shape index (κ1) is 24.9. The Bertz CT molecular complexity index is 1230. The van der Waals surface area contributed by atoms with Gasteiger partial charge >= 0.3 is 18.1 Å². The van der Waals surface area contributed by atoms with Crippen LogP contribution in [0.2, 0.25) is 0 Å². The number of nitrogens with zero attached hydrogens (tertiary/aromatic N) is 1. The summed E-state index contributed by atoms with van der Waals surface area (Å²) in [5, 5.41) is 4.78. The van der Waals surface area contributed by atoms with Crippen molar-refractivity contribution in [2.45, 2.75) is 32.5 Å². The first-order chi connectivity index (χ1) is 17.4. The van der Waals surface area contributed by atoms with Gasteiger partial charge in [0.2, 0.25) is 0 Å². The van der Waals surface area contributed by atoms with Crippen molar-refractivity contribution in [3.8, 4) is 5.75 Å². The molecule has 8 nitrogen and oxygen atoms in total. The highest BCUT2D eigenvalue weighted by atomic mass is 16.6. The summed E-state index contributed by atoms with van der Waals surface area (Å²) in [4.78, 5) is 39.1. The maximum absolute atomic E-state index is 12.7. The Hall–Kier alpha value is -4.17. The van der Waals surface area contributed by atoms with E-state index in [1.807, 2.05) is 38.1 Å². The number of methoxy groups -OCH3 is 1. The Morgan fingerprint density at radius 3 is 2.25 bits per heavy atom. The van der Waals surface area contributed by atoms with Gasteiger partial charge in [0, 0.05) is 12.2 Å². The van der Waals surface area contributed by atoms with Crippen LogP contribution in [-0.2, 0) is 16.1 Å². The molecule has 1 heterocycles. The number of rotatable bonds is 6. The van der Waals surface area contributed by atoms with Gasteiger partial charge in [-0.3, -0.25) is 9.69 Å². The monoisotopic (exact) mass is 487 g/mol. The van der Waals surface area contributed by atoms with Crippen LogP contribution in [0.1, 0.15) is 36.6 Å². The van der Waals surface area contributed by atoms with Crippen molar-refractivity contribution in [3.05, 3.63) is 95.6 Å². The standard InChI is InChI=1S/C28H29N3O5/c1-18(2)24(26(32)35-3)31-17-20-9-7-8-12-23(20)25(31)19-13-15-21(16-14-19)29-27(33)30-28(34)36-22-10-5-4-6-11-22/h4-16,18,24-25H,17H2,1-3H3,(H2,29,30,33,34)/t24-,25-/m0/s1. The molecule has 3 aromatic carbocycles. The van der Waals surface area contributed by atoms with E-state index in [1.54, 1.807) is 42.5 Å². The predicted molar refractivity (Wildman–Crippen MR) is 136 cm³/mol. The van der Waals surface area contributed by atoms with Gasteiger partial charge in [-0.15, -0.1) is 0 Å². The van der Waals surface area contributed by atoms with Crippen LogP contribution in [0, 0.1) is 5.92 Å². The van der Waals surface area contributed by atoms with Crippen LogP contribution >= 0.6 is 0 Å². The van der Waals surface area contributed by atoms with Crippen molar-refractivity contribution in [2.75, 3.05) is 12.4 Å². The third-order valence-corrected chi connectivity index (χ3v) is 6.12. The van der Waals surface area contributed by atoms with Crippen molar-refractivity contribution in [1.29, 1.82) is 0 Å². The Balaban J connectivity index is 1.49. The minimum absolute atomic E-state index is 0.0505. The van der Waals surface area contributed by atoms with E-state index in [2.05, 4.69) is 27.7 Å². The topological polar surface area (TPSA) is 97.0 Å². The van der Waals surface area contributed by atoms with Gasteiger partial charge in [0.05, 0.1) is 13.2 Å². The Labute approximate surface area is 210 Å². The van der Waals surface area contributed by atoms with E-state index in [9.17, 15) is 14.4 Å². The number of hydrogen-bond donors (Lipinski definition) is 2. The smallest absolute Gasteiger partial charge is 0.420 e. The molecule has 0 bridgehead atoms. The molecule has 0 aromatic heterocycles. The summed E-state index contributed by atoms with van der Waals surface area (Å²) in [6.07, 6.45) is -0.879. The molecule has 3 aromatic rings. The van der Waals surface area contributed by atoms with E-state index < -0.39 is 18.2 Å². The van der Waals surface area contributed by atoms with Gasteiger partial charge in [-0.05, 0) is 46.9 Å². The highest BCUT2D eigenvalue weighted by Gasteiger charge is 2.40. The number of esters is 1. The molecule has 4 rings (SSSR count). The summed E-state index contributed by atoms with van der Waals surface area (Å²) >= 11 is 0. The molecule has 3 amide bonds. The summed E-state index contributed by atoms with van der Waals surface area (Å²) in [5.41, 5.74) is 3.78. The average Bonchev–Trinajstić information content (AvgIpc) is 3.23. The fraction of sp³-hybridized carbons (Fsp3) is 0.250. The van der Waals surface area contributed by atoms with Crippen LogP contribution in [0.15, 0.2) is 78.9 Å². The molecule has 8 heteroatoms. The quantitative estimate of drug-likeness (QED) is 0.469. The molecule has 2 atom stereocenters. The van der Waals surface area contributed by atoms with Gasteiger partial charge in [0.25, 0.3) is 0 Å². The van der Waals surface area contributed by atoms with Crippen molar-refractivity contribution < 1.29 is 23.9 Å². The van der Waals surface area contributed by atoms with E-state index in [-0.39, 0.29) is 17.9 Å². The second-order valence-corrected chi connectivity index (χ2v) is 8.89. The maximum Gasteiger partial charge on any atom is 0.420 e. The molecule has 0 unspecified atom stereocenters. The van der Waals surface area contributed by atoms with Crippen molar-refractivity contribution in [3.63, 3.8) is 0 Å². The average molecular weight is 488 g/mol. The number of amides is 3. The van der Waals surface area contributed by atoms with Crippen molar-refractivity contribution in [2.24, 2.45) is 5.92 Å². The lowest BCUT2D eigenvalue weighted by Gasteiger charge is -2.34. The summed E-state index contributed by atoms with van der Waals surface area (Å²) in [5.74, 6) is 0.120. The second kappa shape index (κ2) is 11.0. The molecule has 0 saturated heterocycles. The number of ether oxygens (including phenoxy) is 2. The van der Waals surface area contributed by atoms with E-state index in [1.165, 1.54) is 7.11 Å². The number of imide groups is 1. The summed E-state index contributed by atoms with van der Waals surface area (Å²) in [6, 6.07) is 22.7. The van der Waals surface area contributed by atoms with Gasteiger partial charge in [0.1, 0.15) is 11.8 Å². The zero-order chi connectivity index (χ0) is 25.7. The van der Waals surface area contributed by atoms with E-state index in [0.717, 1.165) is 16.7 Å². The number of anilines is 1. The van der Waals surface area contributed by atoms with Crippen LogP contribution in [0.4, 0.5) is 15.3 Å². The second-order valence-electron chi connectivity index (χ2n) is 8.89. The molecule has 0 saturated carbocycles. The number of carbonyl (C=O) groups is 3. The number of carbonyl (C=O) groups excluding carboxylic acids is 3. The summed E-state index contributed by atoms with van der Waals surface area (Å²) < 4.78 is 10.2. The molecule has 0 spiro atoms. The highest BCUT2D eigenvalue weighted by Crippen LogP contribution is 2.41. The molecular weight excluding hydrogens is 458 g/mol. The minimum atomic E-state index is -0.879. The maximum atomic E-state index is 12.7. The number of benzene rings is 3. The van der Waals surface area contributed by atoms with Gasteiger partial charge in [0.15, 0.2) is 0 Å². The lowest BCUT2D eigenvalue weighted by Crippen LogP contribution is -2.44. The number of para-hydroxylation sites is 1. The molecule has 0 fully saturated rings. The summed E-state index contributed by atoms with van der Waals surface area (Å²) in [7, 11) is 1.41. The lowest BCUT2D eigenvalue weighted by atomic mass is 9.95. The van der Waals surface area contributed by atoms with Crippen LogP contribution in [-0.4, -0.2) is 36.1 Å². The molecule has 1 aliphatic heterocycles. The van der Waals surface area contributed by atoms with E-state index >= 15 is 0 Å². The number of hydrogen-bond acceptors (Lipinski definition) is 6. The van der Waals surface area contributed by atoms with Gasteiger partial charge < -0.3 is 14.8 Å². The predicted octanol–water partition coefficient (Wildman–Crippen LogP) is 5.11. The molecule has 36 heavy (non-hydrogen) atoms. The Morgan fingerprint density at radius 2 is 1.58 bits per heavy atom. The zero-order valence-corrected chi connectivity index (χ0v) is 20.4. The normalized spacial score (nSPS) is 15.6. The van der Waals surface area contributed by atoms with E-state index in [4.69, 9.17) is 9.47 Å². The molecule has 0 radical (unpaired) electrons. The molecule has 0 aliphatic carbocycles. The number of urea groups is 1. The molecule has 186 valence electrons. The number of nitrogens with one attached hydrogen (secondary N) is 2. The SMILES string of the molecule is COC(=O)[C@H](C(C)C)N1Cc2ccccc2[C@@H]1c1ccc(NC(=O)NC(=O)Oc2ccccc2)cc1. The van der Waals surface area contributed by atoms with Crippen molar-refractivity contribution >= 4 is 23.8 Å².